The van der Waals surface area contributed by atoms with Crippen LogP contribution in [0.15, 0.2) is 66.9 Å². The molecule has 4 rings (SSSR count). The van der Waals surface area contributed by atoms with Gasteiger partial charge >= 0.3 is 0 Å². The van der Waals surface area contributed by atoms with Crippen LogP contribution >= 0.6 is 0 Å². The fourth-order valence-electron chi connectivity index (χ4n) is 2.83. The van der Waals surface area contributed by atoms with Gasteiger partial charge in [0.15, 0.2) is 0 Å². The molecule has 0 aliphatic carbocycles. The summed E-state index contributed by atoms with van der Waals surface area (Å²) in [5, 5.41) is 2.48. The zero-order chi connectivity index (χ0) is 14.2. The van der Waals surface area contributed by atoms with Crippen molar-refractivity contribution in [2.75, 3.05) is 0 Å². The summed E-state index contributed by atoms with van der Waals surface area (Å²) in [5.41, 5.74) is 4.70. The fraction of sp³-hybridized carbons (Fsp3) is 0.105. The van der Waals surface area contributed by atoms with Gasteiger partial charge in [0.1, 0.15) is 0 Å². The minimum atomic E-state index is 0.803. The lowest BCUT2D eigenvalue weighted by atomic mass is 10.2. The Labute approximate surface area is 123 Å². The highest BCUT2D eigenvalue weighted by molar-refractivity contribution is 5.81. The molecule has 0 fully saturated rings. The molecule has 4 aromatic rings. The van der Waals surface area contributed by atoms with E-state index in [9.17, 15) is 0 Å². The van der Waals surface area contributed by atoms with E-state index in [-0.39, 0.29) is 0 Å². The second-order valence-corrected chi connectivity index (χ2v) is 5.50. The first kappa shape index (κ1) is 12.2. The normalized spacial score (nSPS) is 11.3. The van der Waals surface area contributed by atoms with Gasteiger partial charge < -0.3 is 4.57 Å². The number of benzene rings is 2. The van der Waals surface area contributed by atoms with Gasteiger partial charge in [-0.25, -0.2) is 0 Å². The van der Waals surface area contributed by atoms with E-state index in [1.165, 1.54) is 21.9 Å². The number of rotatable bonds is 2. The van der Waals surface area contributed by atoms with Crippen LogP contribution in [0.25, 0.3) is 21.8 Å². The van der Waals surface area contributed by atoms with Crippen LogP contribution in [-0.4, -0.2) is 9.55 Å². The van der Waals surface area contributed by atoms with E-state index in [1.54, 1.807) is 0 Å². The van der Waals surface area contributed by atoms with Gasteiger partial charge in [-0.3, -0.25) is 4.98 Å². The number of para-hydroxylation sites is 1. The maximum atomic E-state index is 4.75. The molecule has 2 heterocycles. The van der Waals surface area contributed by atoms with Crippen molar-refractivity contribution < 1.29 is 0 Å². The summed E-state index contributed by atoms with van der Waals surface area (Å²) in [6.45, 7) is 2.93. The first-order valence-electron chi connectivity index (χ1n) is 7.20. The SMILES string of the molecule is Cc1ccc2c(ccn2Cc2ccc3ccccc3n2)c1. The average Bonchev–Trinajstić information content (AvgIpc) is 2.89. The molecule has 2 nitrogen and oxygen atoms in total. The zero-order valence-corrected chi connectivity index (χ0v) is 12.0. The van der Waals surface area contributed by atoms with Crippen molar-refractivity contribution in [3.05, 3.63) is 78.1 Å². The molecule has 0 N–H and O–H groups in total. The van der Waals surface area contributed by atoms with Gasteiger partial charge in [0.05, 0.1) is 17.8 Å². The molecule has 0 saturated heterocycles. The smallest absolute Gasteiger partial charge is 0.0706 e. The molecule has 0 spiro atoms. The van der Waals surface area contributed by atoms with Gasteiger partial charge in [-0.05, 0) is 42.6 Å². The monoisotopic (exact) mass is 272 g/mol. The summed E-state index contributed by atoms with van der Waals surface area (Å²) < 4.78 is 2.26. The second-order valence-electron chi connectivity index (χ2n) is 5.50. The number of fused-ring (bicyclic) bond motifs is 2. The van der Waals surface area contributed by atoms with Gasteiger partial charge in [-0.2, -0.15) is 0 Å². The summed E-state index contributed by atoms with van der Waals surface area (Å²) in [7, 11) is 0. The van der Waals surface area contributed by atoms with E-state index in [2.05, 4.69) is 66.2 Å². The molecule has 2 heteroatoms. The minimum absolute atomic E-state index is 0.803. The second kappa shape index (κ2) is 4.74. The Morgan fingerprint density at radius 2 is 1.81 bits per heavy atom. The van der Waals surface area contributed by atoms with Crippen molar-refractivity contribution in [3.63, 3.8) is 0 Å². The van der Waals surface area contributed by atoms with E-state index < -0.39 is 0 Å². The maximum absolute atomic E-state index is 4.75. The van der Waals surface area contributed by atoms with Gasteiger partial charge in [0.2, 0.25) is 0 Å². The minimum Gasteiger partial charge on any atom is -0.341 e. The Morgan fingerprint density at radius 1 is 0.905 bits per heavy atom. The number of nitrogens with zero attached hydrogens (tertiary/aromatic N) is 2. The van der Waals surface area contributed by atoms with Crippen molar-refractivity contribution in [1.82, 2.24) is 9.55 Å². The third-order valence-electron chi connectivity index (χ3n) is 3.91. The lowest BCUT2D eigenvalue weighted by Gasteiger charge is -2.06. The molecule has 102 valence electrons. The van der Waals surface area contributed by atoms with E-state index in [4.69, 9.17) is 4.98 Å². The van der Waals surface area contributed by atoms with Crippen molar-refractivity contribution in [1.29, 1.82) is 0 Å². The van der Waals surface area contributed by atoms with Crippen LogP contribution in [0.3, 0.4) is 0 Å². The summed E-state index contributed by atoms with van der Waals surface area (Å²) in [6, 6.07) is 21.2. The lowest BCUT2D eigenvalue weighted by molar-refractivity contribution is 0.812. The van der Waals surface area contributed by atoms with Crippen LogP contribution in [-0.2, 0) is 6.54 Å². The molecule has 2 aromatic heterocycles. The Bertz CT molecular complexity index is 935. The quantitative estimate of drug-likeness (QED) is 0.523. The van der Waals surface area contributed by atoms with E-state index in [0.29, 0.717) is 0 Å². The van der Waals surface area contributed by atoms with Crippen LogP contribution in [0.2, 0.25) is 0 Å². The fourth-order valence-corrected chi connectivity index (χ4v) is 2.83. The predicted molar refractivity (Wildman–Crippen MR) is 87.5 cm³/mol. The molecule has 2 aromatic carbocycles. The number of hydrogen-bond donors (Lipinski definition) is 0. The van der Waals surface area contributed by atoms with Crippen molar-refractivity contribution in [3.8, 4) is 0 Å². The third-order valence-corrected chi connectivity index (χ3v) is 3.91. The van der Waals surface area contributed by atoms with Crippen LogP contribution in [0.1, 0.15) is 11.3 Å². The molecule has 0 amide bonds. The van der Waals surface area contributed by atoms with Crippen LogP contribution in [0, 0.1) is 6.92 Å². The van der Waals surface area contributed by atoms with E-state index >= 15 is 0 Å². The Balaban J connectivity index is 1.75. The Hall–Kier alpha value is -2.61. The Kier molecular flexibility index (Phi) is 2.74. The summed E-state index contributed by atoms with van der Waals surface area (Å²) >= 11 is 0. The molecule has 21 heavy (non-hydrogen) atoms. The van der Waals surface area contributed by atoms with Crippen LogP contribution in [0.5, 0.6) is 0 Å². The molecule has 0 aliphatic heterocycles. The number of hydrogen-bond acceptors (Lipinski definition) is 1. The highest BCUT2D eigenvalue weighted by atomic mass is 15.0. The van der Waals surface area contributed by atoms with Gasteiger partial charge in [-0.1, -0.05) is 35.9 Å². The molecule has 0 saturated carbocycles. The van der Waals surface area contributed by atoms with Gasteiger partial charge in [-0.15, -0.1) is 0 Å². The molecular weight excluding hydrogens is 256 g/mol. The van der Waals surface area contributed by atoms with Crippen molar-refractivity contribution in [2.24, 2.45) is 0 Å². The highest BCUT2D eigenvalue weighted by Gasteiger charge is 2.03. The number of aryl methyl sites for hydroxylation is 1. The largest absolute Gasteiger partial charge is 0.341 e. The standard InChI is InChI=1S/C19H16N2/c1-14-6-9-19-16(12-14)10-11-21(19)13-17-8-7-15-4-2-3-5-18(15)20-17/h2-12H,13H2,1H3. The van der Waals surface area contributed by atoms with Crippen molar-refractivity contribution in [2.45, 2.75) is 13.5 Å². The van der Waals surface area contributed by atoms with E-state index in [1.807, 2.05) is 12.1 Å². The lowest BCUT2D eigenvalue weighted by Crippen LogP contribution is -2.00. The topological polar surface area (TPSA) is 17.8 Å². The van der Waals surface area contributed by atoms with Crippen molar-refractivity contribution >= 4 is 21.8 Å². The first-order chi connectivity index (χ1) is 10.3. The highest BCUT2D eigenvalue weighted by Crippen LogP contribution is 2.19. The third kappa shape index (κ3) is 2.19. The molecule has 0 unspecified atom stereocenters. The van der Waals surface area contributed by atoms with Gasteiger partial charge in [0, 0.05) is 17.1 Å². The predicted octanol–water partition coefficient (Wildman–Crippen LogP) is 4.55. The molecule has 0 aliphatic rings. The first-order valence-corrected chi connectivity index (χ1v) is 7.20. The summed E-state index contributed by atoms with van der Waals surface area (Å²) in [6.07, 6.45) is 2.14. The van der Waals surface area contributed by atoms with E-state index in [0.717, 1.165) is 17.8 Å². The molecule has 0 atom stereocenters. The molecule has 0 radical (unpaired) electrons. The number of pyridine rings is 1. The molecule has 0 bridgehead atoms. The number of aromatic nitrogens is 2. The maximum Gasteiger partial charge on any atom is 0.0706 e. The summed E-state index contributed by atoms with van der Waals surface area (Å²) in [5.74, 6) is 0. The average molecular weight is 272 g/mol. The Morgan fingerprint density at radius 3 is 2.76 bits per heavy atom. The summed E-state index contributed by atoms with van der Waals surface area (Å²) in [4.78, 5) is 4.75. The van der Waals surface area contributed by atoms with Crippen LogP contribution < -0.4 is 0 Å². The molecular formula is C19H16N2. The van der Waals surface area contributed by atoms with Crippen LogP contribution in [0.4, 0.5) is 0 Å². The van der Waals surface area contributed by atoms with Gasteiger partial charge in [0.25, 0.3) is 0 Å². The zero-order valence-electron chi connectivity index (χ0n) is 12.0.